The predicted octanol–water partition coefficient (Wildman–Crippen LogP) is 3.34. The SMILES string of the molecule is CS(=O)(=O)C1=NC(N)(c2ccc(F)c(Cl)c2)C=C(Nc2ccc(F)c(Cl)c2)N1. The molecule has 1 heterocycles. The molecule has 0 fully saturated rings. The summed E-state index contributed by atoms with van der Waals surface area (Å²) >= 11 is 11.6. The minimum absolute atomic E-state index is 0.122. The number of nitrogens with one attached hydrogen (secondary N) is 2. The summed E-state index contributed by atoms with van der Waals surface area (Å²) in [4.78, 5) is 4.06. The Bertz CT molecular complexity index is 1120. The maximum atomic E-state index is 13.5. The average molecular weight is 447 g/mol. The van der Waals surface area contributed by atoms with E-state index < -0.39 is 32.3 Å². The fourth-order valence-electron chi connectivity index (χ4n) is 2.47. The van der Waals surface area contributed by atoms with E-state index in [0.29, 0.717) is 5.69 Å². The van der Waals surface area contributed by atoms with Gasteiger partial charge in [-0.3, -0.25) is 5.73 Å². The van der Waals surface area contributed by atoms with Gasteiger partial charge in [0.15, 0.2) is 5.66 Å². The van der Waals surface area contributed by atoms with Crippen molar-refractivity contribution in [3.8, 4) is 0 Å². The predicted molar refractivity (Wildman–Crippen MR) is 106 cm³/mol. The Balaban J connectivity index is 2.07. The fraction of sp³-hybridized carbons (Fsp3) is 0.118. The normalized spacial score (nSPS) is 19.5. The zero-order chi connectivity index (χ0) is 20.7. The fourth-order valence-corrected chi connectivity index (χ4v) is 3.44. The first-order chi connectivity index (χ1) is 13.0. The van der Waals surface area contributed by atoms with E-state index in [1.54, 1.807) is 0 Å². The van der Waals surface area contributed by atoms with Crippen LogP contribution in [0.1, 0.15) is 5.56 Å². The monoisotopic (exact) mass is 446 g/mol. The quantitative estimate of drug-likeness (QED) is 0.671. The molecule has 0 spiro atoms. The van der Waals surface area contributed by atoms with Crippen LogP contribution in [0.3, 0.4) is 0 Å². The molecular weight excluding hydrogens is 433 g/mol. The van der Waals surface area contributed by atoms with Crippen molar-refractivity contribution in [2.45, 2.75) is 5.66 Å². The van der Waals surface area contributed by atoms with Gasteiger partial charge in [0.2, 0.25) is 15.0 Å². The standard InChI is InChI=1S/C17H14Cl2F2N4O2S/c1-28(26,27)16-24-15(23-10-3-5-14(21)12(19)7-10)8-17(22,25-16)9-2-4-13(20)11(18)6-9/h2-8,23H,22H2,1H3,(H,24,25). The number of rotatable bonds is 3. The number of nitrogens with zero attached hydrogens (tertiary/aromatic N) is 1. The molecular formula is C17H14Cl2F2N4O2S. The number of benzene rings is 2. The highest BCUT2D eigenvalue weighted by Crippen LogP contribution is 2.30. The Labute approximate surface area is 170 Å². The summed E-state index contributed by atoms with van der Waals surface area (Å²) in [5.41, 5.74) is 5.29. The second-order valence-electron chi connectivity index (χ2n) is 6.08. The van der Waals surface area contributed by atoms with Gasteiger partial charge in [0.25, 0.3) is 0 Å². The van der Waals surface area contributed by atoms with Gasteiger partial charge in [-0.05, 0) is 35.9 Å². The molecule has 0 aromatic heterocycles. The lowest BCUT2D eigenvalue weighted by molar-refractivity contribution is 0.568. The molecule has 0 saturated carbocycles. The van der Waals surface area contributed by atoms with Crippen molar-refractivity contribution in [1.82, 2.24) is 5.32 Å². The lowest BCUT2D eigenvalue weighted by Crippen LogP contribution is -2.45. The van der Waals surface area contributed by atoms with E-state index in [0.717, 1.165) is 18.4 Å². The molecule has 0 bridgehead atoms. The molecule has 2 aromatic carbocycles. The van der Waals surface area contributed by atoms with Crippen LogP contribution in [0.2, 0.25) is 10.0 Å². The average Bonchev–Trinajstić information content (AvgIpc) is 2.59. The summed E-state index contributed by atoms with van der Waals surface area (Å²) in [5, 5.41) is 4.76. The molecule has 11 heteroatoms. The topological polar surface area (TPSA) is 96.6 Å². The van der Waals surface area contributed by atoms with Crippen LogP contribution in [-0.4, -0.2) is 19.8 Å². The molecule has 0 amide bonds. The first kappa shape index (κ1) is 20.5. The van der Waals surface area contributed by atoms with Crippen LogP contribution in [0.4, 0.5) is 14.5 Å². The van der Waals surface area contributed by atoms with Crippen LogP contribution in [0.5, 0.6) is 0 Å². The summed E-state index contributed by atoms with van der Waals surface area (Å²) in [6.45, 7) is 0. The zero-order valence-electron chi connectivity index (χ0n) is 14.3. The van der Waals surface area contributed by atoms with Crippen LogP contribution >= 0.6 is 23.2 Å². The van der Waals surface area contributed by atoms with Crippen molar-refractivity contribution in [3.05, 3.63) is 75.5 Å². The van der Waals surface area contributed by atoms with Crippen LogP contribution in [0, 0.1) is 11.6 Å². The van der Waals surface area contributed by atoms with Gasteiger partial charge >= 0.3 is 0 Å². The zero-order valence-corrected chi connectivity index (χ0v) is 16.6. The highest BCUT2D eigenvalue weighted by molar-refractivity contribution is 8.05. The number of sulfone groups is 1. The number of halogens is 4. The molecule has 3 rings (SSSR count). The molecule has 1 atom stereocenters. The molecule has 28 heavy (non-hydrogen) atoms. The van der Waals surface area contributed by atoms with Crippen LogP contribution in [0.15, 0.2) is 53.3 Å². The van der Waals surface area contributed by atoms with Crippen molar-refractivity contribution in [2.75, 3.05) is 11.6 Å². The number of hydrogen-bond acceptors (Lipinski definition) is 6. The first-order valence-corrected chi connectivity index (χ1v) is 10.4. The summed E-state index contributed by atoms with van der Waals surface area (Å²) in [6, 6.07) is 7.58. The van der Waals surface area contributed by atoms with E-state index in [4.69, 9.17) is 28.9 Å². The number of amidine groups is 1. The maximum Gasteiger partial charge on any atom is 0.224 e. The highest BCUT2D eigenvalue weighted by atomic mass is 35.5. The largest absolute Gasteiger partial charge is 0.342 e. The van der Waals surface area contributed by atoms with E-state index in [1.807, 2.05) is 0 Å². The van der Waals surface area contributed by atoms with E-state index >= 15 is 0 Å². The van der Waals surface area contributed by atoms with Gasteiger partial charge < -0.3 is 10.6 Å². The van der Waals surface area contributed by atoms with Crippen LogP contribution in [-0.2, 0) is 15.5 Å². The Morgan fingerprint density at radius 3 is 2.29 bits per heavy atom. The molecule has 1 unspecified atom stereocenters. The molecule has 1 aliphatic heterocycles. The minimum Gasteiger partial charge on any atom is -0.342 e. The Kier molecular flexibility index (Phi) is 5.37. The van der Waals surface area contributed by atoms with Gasteiger partial charge in [-0.2, -0.15) is 0 Å². The molecule has 148 valence electrons. The van der Waals surface area contributed by atoms with Crippen LogP contribution in [0.25, 0.3) is 0 Å². The summed E-state index contributed by atoms with van der Waals surface area (Å²) < 4.78 is 51.0. The number of nitrogens with two attached hydrogens (primary N) is 1. The smallest absolute Gasteiger partial charge is 0.224 e. The van der Waals surface area contributed by atoms with Crippen molar-refractivity contribution >= 4 is 43.9 Å². The second-order valence-corrected chi connectivity index (χ2v) is 8.83. The number of anilines is 1. The number of hydrogen-bond donors (Lipinski definition) is 3. The molecule has 6 nitrogen and oxygen atoms in total. The maximum absolute atomic E-state index is 13.5. The van der Waals surface area contributed by atoms with Crippen LogP contribution < -0.4 is 16.4 Å². The van der Waals surface area contributed by atoms with Crippen molar-refractivity contribution in [2.24, 2.45) is 10.7 Å². The number of aliphatic imine (C=N–C) groups is 1. The lowest BCUT2D eigenvalue weighted by Gasteiger charge is -2.30. The van der Waals surface area contributed by atoms with E-state index in [-0.39, 0.29) is 21.4 Å². The molecule has 0 radical (unpaired) electrons. The second kappa shape index (κ2) is 7.32. The minimum atomic E-state index is -3.78. The van der Waals surface area contributed by atoms with Gasteiger partial charge in [-0.25, -0.2) is 22.2 Å². The van der Waals surface area contributed by atoms with Crippen molar-refractivity contribution in [1.29, 1.82) is 0 Å². The Morgan fingerprint density at radius 2 is 1.71 bits per heavy atom. The van der Waals surface area contributed by atoms with Gasteiger partial charge in [-0.1, -0.05) is 29.3 Å². The summed E-state index contributed by atoms with van der Waals surface area (Å²) in [5.74, 6) is -1.11. The van der Waals surface area contributed by atoms with Gasteiger partial charge in [0.1, 0.15) is 17.5 Å². The summed E-state index contributed by atoms with van der Waals surface area (Å²) in [6.07, 6.45) is 2.34. The Hall–Kier alpha value is -2.20. The van der Waals surface area contributed by atoms with Crippen molar-refractivity contribution < 1.29 is 17.2 Å². The molecule has 2 aromatic rings. The molecule has 0 saturated heterocycles. The molecule has 1 aliphatic rings. The molecule has 4 N–H and O–H groups in total. The van der Waals surface area contributed by atoms with E-state index in [9.17, 15) is 17.2 Å². The van der Waals surface area contributed by atoms with E-state index in [2.05, 4.69) is 15.6 Å². The third kappa shape index (κ3) is 4.27. The third-order valence-electron chi connectivity index (χ3n) is 3.82. The third-order valence-corrected chi connectivity index (χ3v) is 5.30. The van der Waals surface area contributed by atoms with Gasteiger partial charge in [0.05, 0.1) is 10.0 Å². The van der Waals surface area contributed by atoms with Crippen molar-refractivity contribution in [3.63, 3.8) is 0 Å². The highest BCUT2D eigenvalue weighted by Gasteiger charge is 2.33. The first-order valence-electron chi connectivity index (χ1n) is 7.74. The Morgan fingerprint density at radius 1 is 1.11 bits per heavy atom. The van der Waals surface area contributed by atoms with Gasteiger partial charge in [-0.15, -0.1) is 0 Å². The van der Waals surface area contributed by atoms with E-state index in [1.165, 1.54) is 30.3 Å². The summed E-state index contributed by atoms with van der Waals surface area (Å²) in [7, 11) is -3.78. The lowest BCUT2D eigenvalue weighted by atomic mass is 9.99. The van der Waals surface area contributed by atoms with Gasteiger partial charge in [0, 0.05) is 18.0 Å². The molecule has 0 aliphatic carbocycles.